The Kier molecular flexibility index (Phi) is 3.84. The molecule has 0 radical (unpaired) electrons. The van der Waals surface area contributed by atoms with Gasteiger partial charge in [-0.15, -0.1) is 0 Å². The number of nitrogens with zero attached hydrogens (tertiary/aromatic N) is 4. The molecule has 7 heteroatoms. The van der Waals surface area contributed by atoms with Crippen LogP contribution in [0, 0.1) is 11.6 Å². The van der Waals surface area contributed by atoms with Crippen LogP contribution >= 0.6 is 0 Å². The van der Waals surface area contributed by atoms with Crippen molar-refractivity contribution in [1.29, 1.82) is 0 Å². The minimum atomic E-state index is -0.418. The molecule has 0 aromatic heterocycles. The van der Waals surface area contributed by atoms with Gasteiger partial charge < -0.3 is 10.0 Å². The number of amidine groups is 1. The standard InChI is InChI=1S/C20H22F2N4O/c21-14-3-4-16(22)15(12-14)17-2-1-9-24(17)18-5-10-25-19(23-18)6-11-26(25)20(13-27)7-8-20/h3-6,10,12,17,27H,1-2,7-9,11,13H2/t17-/m1/s1. The molecule has 4 aliphatic rings. The number of halogens is 2. The van der Waals surface area contributed by atoms with Gasteiger partial charge in [-0.25, -0.2) is 18.8 Å². The molecule has 1 aliphatic carbocycles. The van der Waals surface area contributed by atoms with Crippen molar-refractivity contribution in [3.05, 3.63) is 59.6 Å². The first-order valence-corrected chi connectivity index (χ1v) is 9.48. The Hall–Kier alpha value is -2.25. The molecule has 1 saturated carbocycles. The van der Waals surface area contributed by atoms with E-state index in [1.54, 1.807) is 0 Å². The molecule has 1 aromatic rings. The van der Waals surface area contributed by atoms with Crippen molar-refractivity contribution in [2.45, 2.75) is 37.3 Å². The molecule has 1 atom stereocenters. The minimum Gasteiger partial charge on any atom is -0.394 e. The van der Waals surface area contributed by atoms with Crippen molar-refractivity contribution >= 4 is 5.84 Å². The molecule has 1 N–H and O–H groups in total. The number of hydrogen-bond acceptors (Lipinski definition) is 5. The average Bonchev–Trinajstić information content (AvgIpc) is 3.13. The zero-order chi connectivity index (χ0) is 18.6. The van der Waals surface area contributed by atoms with Gasteiger partial charge in [-0.1, -0.05) is 0 Å². The highest BCUT2D eigenvalue weighted by atomic mass is 19.1. The zero-order valence-electron chi connectivity index (χ0n) is 15.0. The number of rotatable bonds is 3. The lowest BCUT2D eigenvalue weighted by Gasteiger charge is -2.37. The van der Waals surface area contributed by atoms with Crippen LogP contribution in [0.5, 0.6) is 0 Å². The van der Waals surface area contributed by atoms with Crippen LogP contribution in [0.25, 0.3) is 0 Å². The molecule has 27 heavy (non-hydrogen) atoms. The van der Waals surface area contributed by atoms with Crippen molar-refractivity contribution in [3.63, 3.8) is 0 Å². The van der Waals surface area contributed by atoms with Crippen molar-refractivity contribution in [3.8, 4) is 0 Å². The van der Waals surface area contributed by atoms with Gasteiger partial charge in [0.05, 0.1) is 18.2 Å². The van der Waals surface area contributed by atoms with E-state index in [1.165, 1.54) is 12.1 Å². The maximum absolute atomic E-state index is 14.3. The lowest BCUT2D eigenvalue weighted by Crippen LogP contribution is -2.47. The first kappa shape index (κ1) is 16.9. The van der Waals surface area contributed by atoms with Crippen LogP contribution in [0.15, 0.2) is 47.4 Å². The predicted molar refractivity (Wildman–Crippen MR) is 97.3 cm³/mol. The molecule has 3 aliphatic heterocycles. The van der Waals surface area contributed by atoms with Crippen molar-refractivity contribution in [2.24, 2.45) is 4.99 Å². The fourth-order valence-electron chi connectivity index (χ4n) is 4.38. The quantitative estimate of drug-likeness (QED) is 0.886. The van der Waals surface area contributed by atoms with Gasteiger partial charge in [-0.3, -0.25) is 5.01 Å². The number of aliphatic hydroxyl groups excluding tert-OH is 1. The van der Waals surface area contributed by atoms with E-state index < -0.39 is 5.82 Å². The Morgan fingerprint density at radius 3 is 2.89 bits per heavy atom. The second kappa shape index (κ2) is 6.14. The van der Waals surface area contributed by atoms with Crippen LogP contribution in [0.1, 0.15) is 37.3 Å². The molecule has 0 amide bonds. The van der Waals surface area contributed by atoms with Crippen LogP contribution in [0.4, 0.5) is 8.78 Å². The van der Waals surface area contributed by atoms with E-state index in [0.717, 1.165) is 56.5 Å². The number of fused-ring (bicyclic) bond motifs is 1. The van der Waals surface area contributed by atoms with Gasteiger partial charge in [0.25, 0.3) is 0 Å². The fraction of sp³-hybridized carbons (Fsp3) is 0.450. The SMILES string of the molecule is OCC1(N2CC=C3N=C(N4CCC[C@@H]4c4cc(F)ccc4F)C=CN32)CC1. The molecule has 5 nitrogen and oxygen atoms in total. The summed E-state index contributed by atoms with van der Waals surface area (Å²) in [6.45, 7) is 1.63. The largest absolute Gasteiger partial charge is 0.394 e. The second-order valence-corrected chi connectivity index (χ2v) is 7.67. The predicted octanol–water partition coefficient (Wildman–Crippen LogP) is 2.93. The number of hydrazine groups is 1. The Balaban J connectivity index is 1.40. The highest BCUT2D eigenvalue weighted by Gasteiger charge is 2.51. The highest BCUT2D eigenvalue weighted by Crippen LogP contribution is 2.45. The van der Waals surface area contributed by atoms with Gasteiger partial charge in [0.15, 0.2) is 0 Å². The van der Waals surface area contributed by atoms with Gasteiger partial charge in [-0.05, 0) is 56.0 Å². The molecule has 1 saturated heterocycles. The maximum Gasteiger partial charge on any atom is 0.146 e. The van der Waals surface area contributed by atoms with Crippen molar-refractivity contribution in [1.82, 2.24) is 14.9 Å². The van der Waals surface area contributed by atoms with Crippen LogP contribution in [-0.2, 0) is 0 Å². The van der Waals surface area contributed by atoms with Crippen LogP contribution in [0.3, 0.4) is 0 Å². The molecular formula is C20H22F2N4O. The normalized spacial score (nSPS) is 26.3. The van der Waals surface area contributed by atoms with E-state index in [9.17, 15) is 13.9 Å². The monoisotopic (exact) mass is 372 g/mol. The second-order valence-electron chi connectivity index (χ2n) is 7.67. The van der Waals surface area contributed by atoms with E-state index in [4.69, 9.17) is 4.99 Å². The van der Waals surface area contributed by atoms with Crippen LogP contribution < -0.4 is 0 Å². The third-order valence-electron chi connectivity index (χ3n) is 6.07. The van der Waals surface area contributed by atoms with E-state index in [2.05, 4.69) is 9.91 Å². The topological polar surface area (TPSA) is 42.3 Å². The number of benzene rings is 1. The number of likely N-dealkylation sites (tertiary alicyclic amines) is 1. The maximum atomic E-state index is 14.3. The Morgan fingerprint density at radius 1 is 1.26 bits per heavy atom. The van der Waals surface area contributed by atoms with Gasteiger partial charge in [-0.2, -0.15) is 0 Å². The van der Waals surface area contributed by atoms with Crippen molar-refractivity contribution in [2.75, 3.05) is 19.7 Å². The lowest BCUT2D eigenvalue weighted by molar-refractivity contribution is -0.00613. The summed E-state index contributed by atoms with van der Waals surface area (Å²) >= 11 is 0. The van der Waals surface area contributed by atoms with E-state index >= 15 is 0 Å². The van der Waals surface area contributed by atoms with E-state index in [1.807, 2.05) is 23.4 Å². The zero-order valence-corrected chi connectivity index (χ0v) is 15.0. The summed E-state index contributed by atoms with van der Waals surface area (Å²) in [5.41, 5.74) is 0.238. The summed E-state index contributed by atoms with van der Waals surface area (Å²) in [5.74, 6) is 0.815. The molecule has 2 fully saturated rings. The minimum absolute atomic E-state index is 0.141. The average molecular weight is 372 g/mol. The lowest BCUT2D eigenvalue weighted by atomic mass is 10.0. The summed E-state index contributed by atoms with van der Waals surface area (Å²) in [7, 11) is 0. The molecule has 0 unspecified atom stereocenters. The third-order valence-corrected chi connectivity index (χ3v) is 6.07. The molecule has 5 rings (SSSR count). The number of aliphatic imine (C=N–C) groups is 1. The Labute approximate surface area is 156 Å². The summed E-state index contributed by atoms with van der Waals surface area (Å²) < 4.78 is 28.0. The first-order chi connectivity index (χ1) is 13.1. The molecule has 1 aromatic carbocycles. The summed E-state index contributed by atoms with van der Waals surface area (Å²) in [6.07, 6.45) is 9.60. The van der Waals surface area contributed by atoms with Gasteiger partial charge >= 0.3 is 0 Å². The fourth-order valence-corrected chi connectivity index (χ4v) is 4.38. The van der Waals surface area contributed by atoms with E-state index in [0.29, 0.717) is 5.56 Å². The summed E-state index contributed by atoms with van der Waals surface area (Å²) in [5, 5.41) is 13.9. The summed E-state index contributed by atoms with van der Waals surface area (Å²) in [6, 6.07) is 3.44. The van der Waals surface area contributed by atoms with Gasteiger partial charge in [0.1, 0.15) is 23.3 Å². The molecule has 3 heterocycles. The smallest absolute Gasteiger partial charge is 0.146 e. The first-order valence-electron chi connectivity index (χ1n) is 9.48. The Bertz CT molecular complexity index is 862. The van der Waals surface area contributed by atoms with Crippen LogP contribution in [-0.4, -0.2) is 51.1 Å². The van der Waals surface area contributed by atoms with Crippen molar-refractivity contribution < 1.29 is 13.9 Å². The molecule has 0 bridgehead atoms. The van der Waals surface area contributed by atoms with Gasteiger partial charge in [0, 0.05) is 24.9 Å². The molecule has 142 valence electrons. The molecule has 0 spiro atoms. The number of hydrogen-bond donors (Lipinski definition) is 1. The van der Waals surface area contributed by atoms with Gasteiger partial charge in [0.2, 0.25) is 0 Å². The Morgan fingerprint density at radius 2 is 2.11 bits per heavy atom. The summed E-state index contributed by atoms with van der Waals surface area (Å²) in [4.78, 5) is 6.85. The number of aliphatic hydroxyl groups is 1. The highest BCUT2D eigenvalue weighted by molar-refractivity contribution is 5.95. The third kappa shape index (κ3) is 2.68. The van der Waals surface area contributed by atoms with Crippen LogP contribution in [0.2, 0.25) is 0 Å². The molecular weight excluding hydrogens is 350 g/mol. The van der Waals surface area contributed by atoms with E-state index in [-0.39, 0.29) is 24.0 Å².